The molecule has 0 saturated carbocycles. The highest BCUT2D eigenvalue weighted by atomic mass is 16.5. The quantitative estimate of drug-likeness (QED) is 0.700. The highest BCUT2D eigenvalue weighted by Gasteiger charge is 2.23. The van der Waals surface area contributed by atoms with E-state index in [0.29, 0.717) is 22.7 Å². The predicted molar refractivity (Wildman–Crippen MR) is 95.3 cm³/mol. The van der Waals surface area contributed by atoms with E-state index in [0.717, 1.165) is 0 Å². The minimum absolute atomic E-state index is 0.00813. The monoisotopic (exact) mass is 373 g/mol. The van der Waals surface area contributed by atoms with Crippen molar-refractivity contribution in [1.82, 2.24) is 4.57 Å². The van der Waals surface area contributed by atoms with Crippen LogP contribution in [0.15, 0.2) is 18.3 Å². The predicted octanol–water partition coefficient (Wildman–Crippen LogP) is 1.75. The van der Waals surface area contributed by atoms with Gasteiger partial charge in [-0.1, -0.05) is 0 Å². The Hall–Kier alpha value is -3.67. The Kier molecular flexibility index (Phi) is 5.92. The van der Waals surface area contributed by atoms with Gasteiger partial charge >= 0.3 is 11.9 Å². The summed E-state index contributed by atoms with van der Waals surface area (Å²) in [7, 11) is 4.09. The Bertz CT molecular complexity index is 926. The topological polar surface area (TPSA) is 137 Å². The van der Waals surface area contributed by atoms with E-state index in [4.69, 9.17) is 25.1 Å². The van der Waals surface area contributed by atoms with E-state index in [-0.39, 0.29) is 29.8 Å². The zero-order valence-electron chi connectivity index (χ0n) is 15.1. The van der Waals surface area contributed by atoms with Gasteiger partial charge in [0.05, 0.1) is 38.3 Å². The Morgan fingerprint density at radius 3 is 2.48 bits per heavy atom. The fourth-order valence-corrected chi connectivity index (χ4v) is 2.71. The van der Waals surface area contributed by atoms with Gasteiger partial charge in [0.15, 0.2) is 17.2 Å². The van der Waals surface area contributed by atoms with Crippen molar-refractivity contribution >= 4 is 17.6 Å². The number of carboxylic acid groups (broad SMARTS) is 1. The number of nitrogen functional groups attached to an aromatic ring is 1. The van der Waals surface area contributed by atoms with Gasteiger partial charge in [0.1, 0.15) is 6.07 Å². The molecular weight excluding hydrogens is 354 g/mol. The third-order valence-electron chi connectivity index (χ3n) is 3.97. The molecule has 1 aromatic carbocycles. The number of aromatic nitrogens is 1. The molecule has 0 spiro atoms. The Labute approximate surface area is 155 Å². The minimum atomic E-state index is -0.964. The summed E-state index contributed by atoms with van der Waals surface area (Å²) in [5, 5.41) is 18.2. The highest BCUT2D eigenvalue weighted by Crippen LogP contribution is 2.36. The summed E-state index contributed by atoms with van der Waals surface area (Å²) in [4.78, 5) is 23.1. The van der Waals surface area contributed by atoms with Gasteiger partial charge in [0.25, 0.3) is 0 Å². The normalized spacial score (nSPS) is 10.1. The lowest BCUT2D eigenvalue weighted by Crippen LogP contribution is -2.12. The number of benzene rings is 1. The molecule has 3 N–H and O–H groups in total. The van der Waals surface area contributed by atoms with E-state index >= 15 is 0 Å². The summed E-state index contributed by atoms with van der Waals surface area (Å²) in [6, 6.07) is 5.17. The van der Waals surface area contributed by atoms with Gasteiger partial charge < -0.3 is 29.6 Å². The van der Waals surface area contributed by atoms with Crippen molar-refractivity contribution in [2.45, 2.75) is 12.8 Å². The van der Waals surface area contributed by atoms with Crippen LogP contribution in [-0.2, 0) is 16.0 Å². The molecule has 142 valence electrons. The van der Waals surface area contributed by atoms with Gasteiger partial charge in [0.2, 0.25) is 0 Å². The van der Waals surface area contributed by atoms with E-state index in [1.54, 1.807) is 12.1 Å². The van der Waals surface area contributed by atoms with Crippen LogP contribution in [0.1, 0.15) is 28.0 Å². The zero-order valence-corrected chi connectivity index (χ0v) is 15.1. The van der Waals surface area contributed by atoms with E-state index in [1.165, 1.54) is 32.1 Å². The molecule has 0 aliphatic rings. The average molecular weight is 373 g/mol. The summed E-state index contributed by atoms with van der Waals surface area (Å²) in [5.74, 6) is -0.941. The van der Waals surface area contributed by atoms with Crippen LogP contribution in [0.3, 0.4) is 0 Å². The number of carbonyl (C=O) groups is 2. The molecule has 1 aromatic heterocycles. The molecular formula is C18H19N3O6. The maximum absolute atomic E-state index is 12.2. The maximum atomic E-state index is 12.2. The summed E-state index contributed by atoms with van der Waals surface area (Å²) >= 11 is 0. The summed E-state index contributed by atoms with van der Waals surface area (Å²) < 4.78 is 16.9. The first-order valence-electron chi connectivity index (χ1n) is 7.84. The maximum Gasteiger partial charge on any atom is 0.357 e. The smallest absolute Gasteiger partial charge is 0.357 e. The molecule has 0 bridgehead atoms. The fraction of sp³-hybridized carbons (Fsp3) is 0.278. The summed E-state index contributed by atoms with van der Waals surface area (Å²) in [5.41, 5.74) is 7.02. The molecule has 0 aliphatic carbocycles. The number of carbonyl (C=O) groups excluding carboxylic acids is 1. The first kappa shape index (κ1) is 19.7. The van der Waals surface area contributed by atoms with Crippen LogP contribution in [-0.4, -0.2) is 42.9 Å². The minimum Gasteiger partial charge on any atom is -0.493 e. The zero-order chi connectivity index (χ0) is 20.1. The molecule has 9 heteroatoms. The van der Waals surface area contributed by atoms with Crippen LogP contribution < -0.4 is 15.2 Å². The van der Waals surface area contributed by atoms with Crippen LogP contribution >= 0.6 is 0 Å². The van der Waals surface area contributed by atoms with Crippen molar-refractivity contribution < 1.29 is 28.9 Å². The number of hydrogen-bond donors (Lipinski definition) is 2. The number of nitrogens with two attached hydrogens (primary N) is 1. The third-order valence-corrected chi connectivity index (χ3v) is 3.97. The molecule has 9 nitrogen and oxygen atoms in total. The van der Waals surface area contributed by atoms with E-state index < -0.39 is 11.9 Å². The summed E-state index contributed by atoms with van der Waals surface area (Å²) in [6.45, 7) is 0. The Morgan fingerprint density at radius 1 is 1.26 bits per heavy atom. The highest BCUT2D eigenvalue weighted by molar-refractivity contribution is 5.96. The molecule has 0 saturated heterocycles. The number of hydrogen-bond acceptors (Lipinski definition) is 7. The average Bonchev–Trinajstić information content (AvgIpc) is 3.01. The molecule has 1 heterocycles. The number of methoxy groups -OCH3 is 3. The first-order chi connectivity index (χ1) is 12.9. The molecule has 0 aliphatic heterocycles. The van der Waals surface area contributed by atoms with Crippen molar-refractivity contribution in [2.24, 2.45) is 0 Å². The van der Waals surface area contributed by atoms with Crippen LogP contribution in [0, 0.1) is 11.3 Å². The molecule has 2 aromatic rings. The Morgan fingerprint density at radius 2 is 1.96 bits per heavy atom. The lowest BCUT2D eigenvalue weighted by molar-refractivity contribution is -0.136. The number of carboxylic acids is 1. The van der Waals surface area contributed by atoms with Crippen molar-refractivity contribution in [1.29, 1.82) is 5.26 Å². The molecule has 27 heavy (non-hydrogen) atoms. The van der Waals surface area contributed by atoms with Gasteiger partial charge in [-0.25, -0.2) is 4.79 Å². The lowest BCUT2D eigenvalue weighted by Gasteiger charge is -2.16. The van der Waals surface area contributed by atoms with Crippen molar-refractivity contribution in [2.75, 3.05) is 27.1 Å². The number of nitrogens with zero attached hydrogens (tertiary/aromatic N) is 2. The number of esters is 1. The summed E-state index contributed by atoms with van der Waals surface area (Å²) in [6.07, 6.45) is 1.46. The molecule has 2 rings (SSSR count). The number of aryl methyl sites for hydroxylation is 1. The molecule has 0 radical (unpaired) electrons. The van der Waals surface area contributed by atoms with Gasteiger partial charge in [-0.3, -0.25) is 4.79 Å². The van der Waals surface area contributed by atoms with E-state index in [2.05, 4.69) is 0 Å². The second-order valence-corrected chi connectivity index (χ2v) is 5.51. The van der Waals surface area contributed by atoms with Gasteiger partial charge in [-0.05, 0) is 12.5 Å². The second-order valence-electron chi connectivity index (χ2n) is 5.51. The molecule has 0 amide bonds. The van der Waals surface area contributed by atoms with Crippen LogP contribution in [0.2, 0.25) is 0 Å². The number of anilines is 1. The van der Waals surface area contributed by atoms with Gasteiger partial charge in [-0.15, -0.1) is 0 Å². The van der Waals surface area contributed by atoms with Crippen LogP contribution in [0.25, 0.3) is 5.69 Å². The fourth-order valence-electron chi connectivity index (χ4n) is 2.71. The standard InChI is InChI=1S/C18H19N3O6/c1-25-13-7-12(6-10(17(13)26-2)4-5-14(22)23)21-9-11(8-19)15(20)16(21)18(24)27-3/h6-7,9H,4-5,20H2,1-3H3,(H,22,23). The SMILES string of the molecule is COC(=O)c1c(N)c(C#N)cn1-c1cc(CCC(=O)O)c(OC)c(OC)c1. The largest absolute Gasteiger partial charge is 0.493 e. The third kappa shape index (κ3) is 3.79. The van der Waals surface area contributed by atoms with Gasteiger partial charge in [-0.2, -0.15) is 5.26 Å². The van der Waals surface area contributed by atoms with Crippen LogP contribution in [0.4, 0.5) is 5.69 Å². The first-order valence-corrected chi connectivity index (χ1v) is 7.84. The van der Waals surface area contributed by atoms with Crippen LogP contribution in [0.5, 0.6) is 11.5 Å². The van der Waals surface area contributed by atoms with Crippen molar-refractivity contribution in [3.8, 4) is 23.3 Å². The molecule has 0 atom stereocenters. The number of rotatable bonds is 7. The van der Waals surface area contributed by atoms with Gasteiger partial charge in [0, 0.05) is 24.2 Å². The van der Waals surface area contributed by atoms with E-state index in [1.807, 2.05) is 6.07 Å². The lowest BCUT2D eigenvalue weighted by atomic mass is 10.1. The Balaban J connectivity index is 2.72. The molecule has 0 unspecified atom stereocenters. The number of ether oxygens (including phenoxy) is 3. The van der Waals surface area contributed by atoms with Crippen molar-refractivity contribution in [3.63, 3.8) is 0 Å². The molecule has 0 fully saturated rings. The number of nitriles is 1. The van der Waals surface area contributed by atoms with E-state index in [9.17, 15) is 14.9 Å². The second kappa shape index (κ2) is 8.14. The van der Waals surface area contributed by atoms with Crippen molar-refractivity contribution in [3.05, 3.63) is 35.2 Å². The number of aliphatic carboxylic acids is 1.